The van der Waals surface area contributed by atoms with Crippen LogP contribution in [-0.4, -0.2) is 33.3 Å². The molecule has 2 aromatic rings. The number of methoxy groups -OCH3 is 1. The molecule has 0 aliphatic heterocycles. The number of para-hydroxylation sites is 2. The first-order valence-electron chi connectivity index (χ1n) is 8.08. The fraction of sp³-hybridized carbons (Fsp3) is 0.316. The minimum absolute atomic E-state index is 0.202. The van der Waals surface area contributed by atoms with Crippen LogP contribution in [0.3, 0.4) is 0 Å². The normalized spacial score (nSPS) is 10.2. The molecule has 2 rings (SSSR count). The number of hydrogen-bond acceptors (Lipinski definition) is 3. The molecule has 0 saturated heterocycles. The van der Waals surface area contributed by atoms with Gasteiger partial charge in [0.2, 0.25) is 0 Å². The first-order valence-corrected chi connectivity index (χ1v) is 8.08. The van der Waals surface area contributed by atoms with Crippen LogP contribution in [0.15, 0.2) is 54.6 Å². The van der Waals surface area contributed by atoms with E-state index in [0.717, 1.165) is 24.3 Å². The number of carbonyl (C=O) groups excluding carboxylic acids is 1. The van der Waals surface area contributed by atoms with Gasteiger partial charge in [-0.2, -0.15) is 0 Å². The van der Waals surface area contributed by atoms with Crippen LogP contribution < -0.4 is 15.5 Å². The van der Waals surface area contributed by atoms with E-state index in [0.29, 0.717) is 13.2 Å². The van der Waals surface area contributed by atoms with Crippen LogP contribution in [-0.2, 0) is 11.3 Å². The third kappa shape index (κ3) is 5.59. The molecule has 5 nitrogen and oxygen atoms in total. The van der Waals surface area contributed by atoms with Gasteiger partial charge in [0.25, 0.3) is 0 Å². The molecule has 0 spiro atoms. The summed E-state index contributed by atoms with van der Waals surface area (Å²) in [6.07, 6.45) is 0.791. The Kier molecular flexibility index (Phi) is 7.11. The molecule has 0 radical (unpaired) electrons. The zero-order valence-corrected chi connectivity index (χ0v) is 14.3. The van der Waals surface area contributed by atoms with E-state index >= 15 is 0 Å². The Morgan fingerprint density at radius 1 is 1.08 bits per heavy atom. The van der Waals surface area contributed by atoms with Gasteiger partial charge in [0.05, 0.1) is 11.4 Å². The van der Waals surface area contributed by atoms with Gasteiger partial charge >= 0.3 is 6.03 Å². The second-order valence-electron chi connectivity index (χ2n) is 5.59. The molecular formula is C19H25N3O2. The molecule has 0 fully saturated rings. The van der Waals surface area contributed by atoms with E-state index in [-0.39, 0.29) is 6.03 Å². The Morgan fingerprint density at radius 2 is 1.79 bits per heavy atom. The number of rotatable bonds is 8. The lowest BCUT2D eigenvalue weighted by Crippen LogP contribution is -2.30. The Labute approximate surface area is 143 Å². The van der Waals surface area contributed by atoms with E-state index in [1.54, 1.807) is 7.11 Å². The van der Waals surface area contributed by atoms with E-state index in [9.17, 15) is 4.79 Å². The van der Waals surface area contributed by atoms with Gasteiger partial charge in [-0.1, -0.05) is 42.5 Å². The predicted octanol–water partition coefficient (Wildman–Crippen LogP) is 3.48. The largest absolute Gasteiger partial charge is 0.385 e. The zero-order chi connectivity index (χ0) is 17.2. The van der Waals surface area contributed by atoms with Crippen molar-refractivity contribution in [1.29, 1.82) is 0 Å². The molecule has 0 bridgehead atoms. The summed E-state index contributed by atoms with van der Waals surface area (Å²) in [7, 11) is 3.67. The fourth-order valence-corrected chi connectivity index (χ4v) is 2.44. The number of hydrogen-bond donors (Lipinski definition) is 2. The highest BCUT2D eigenvalue weighted by atomic mass is 16.5. The van der Waals surface area contributed by atoms with Crippen LogP contribution in [0.1, 0.15) is 12.0 Å². The Hall–Kier alpha value is -2.53. The quantitative estimate of drug-likeness (QED) is 0.730. The summed E-state index contributed by atoms with van der Waals surface area (Å²) < 4.78 is 4.97. The van der Waals surface area contributed by atoms with Crippen molar-refractivity contribution in [2.45, 2.75) is 13.0 Å². The van der Waals surface area contributed by atoms with Gasteiger partial charge in [-0.05, 0) is 24.1 Å². The highest BCUT2D eigenvalue weighted by Crippen LogP contribution is 2.25. The zero-order valence-electron chi connectivity index (χ0n) is 14.3. The number of anilines is 2. The standard InChI is InChI=1S/C19H25N3O2/c1-22(15-16-9-4-3-5-10-16)18-12-7-6-11-17(18)21-19(23)20-13-8-14-24-2/h3-7,9-12H,8,13-15H2,1-2H3,(H2,20,21,23). The Bertz CT molecular complexity index is 632. The van der Waals surface area contributed by atoms with Crippen molar-refractivity contribution in [2.75, 3.05) is 37.5 Å². The molecule has 0 unspecified atom stereocenters. The average molecular weight is 327 g/mol. The molecule has 2 aromatic carbocycles. The van der Waals surface area contributed by atoms with Crippen molar-refractivity contribution in [3.05, 3.63) is 60.2 Å². The number of nitrogens with zero attached hydrogens (tertiary/aromatic N) is 1. The molecule has 0 heterocycles. The van der Waals surface area contributed by atoms with E-state index in [1.165, 1.54) is 5.56 Å². The van der Waals surface area contributed by atoms with Gasteiger partial charge in [0.1, 0.15) is 0 Å². The van der Waals surface area contributed by atoms with Crippen molar-refractivity contribution in [2.24, 2.45) is 0 Å². The molecule has 0 atom stereocenters. The van der Waals surface area contributed by atoms with E-state index < -0.39 is 0 Å². The smallest absolute Gasteiger partial charge is 0.319 e. The summed E-state index contributed by atoms with van der Waals surface area (Å²) >= 11 is 0. The number of carbonyl (C=O) groups is 1. The van der Waals surface area contributed by atoms with Crippen molar-refractivity contribution < 1.29 is 9.53 Å². The SMILES string of the molecule is COCCCNC(=O)Nc1ccccc1N(C)Cc1ccccc1. The minimum Gasteiger partial charge on any atom is -0.385 e. The van der Waals surface area contributed by atoms with Gasteiger partial charge in [-0.25, -0.2) is 4.79 Å². The monoisotopic (exact) mass is 327 g/mol. The molecule has 2 amide bonds. The van der Waals surface area contributed by atoms with Crippen molar-refractivity contribution in [1.82, 2.24) is 5.32 Å². The van der Waals surface area contributed by atoms with Crippen LogP contribution in [0, 0.1) is 0 Å². The second kappa shape index (κ2) is 9.57. The maximum atomic E-state index is 12.0. The highest BCUT2D eigenvalue weighted by Gasteiger charge is 2.10. The van der Waals surface area contributed by atoms with Gasteiger partial charge < -0.3 is 20.3 Å². The Morgan fingerprint density at radius 3 is 2.54 bits per heavy atom. The summed E-state index contributed by atoms with van der Waals surface area (Å²) in [6, 6.07) is 17.8. The van der Waals surface area contributed by atoms with Crippen molar-refractivity contribution >= 4 is 17.4 Å². The molecule has 0 aliphatic rings. The maximum Gasteiger partial charge on any atom is 0.319 e. The summed E-state index contributed by atoms with van der Waals surface area (Å²) in [4.78, 5) is 14.1. The molecule has 0 aliphatic carbocycles. The summed E-state index contributed by atoms with van der Waals surface area (Å²) in [5.74, 6) is 0. The second-order valence-corrected chi connectivity index (χ2v) is 5.59. The number of nitrogens with one attached hydrogen (secondary N) is 2. The molecule has 0 saturated carbocycles. The van der Waals surface area contributed by atoms with Gasteiger partial charge in [-0.15, -0.1) is 0 Å². The van der Waals surface area contributed by atoms with E-state index in [1.807, 2.05) is 49.5 Å². The molecule has 0 aromatic heterocycles. The molecule has 128 valence electrons. The lowest BCUT2D eigenvalue weighted by atomic mass is 10.2. The Balaban J connectivity index is 1.97. The van der Waals surface area contributed by atoms with Gasteiger partial charge in [-0.3, -0.25) is 0 Å². The van der Waals surface area contributed by atoms with Crippen molar-refractivity contribution in [3.63, 3.8) is 0 Å². The predicted molar refractivity (Wildman–Crippen MR) is 98.5 cm³/mol. The third-order valence-electron chi connectivity index (χ3n) is 3.64. The highest BCUT2D eigenvalue weighted by molar-refractivity contribution is 5.93. The number of urea groups is 1. The lowest BCUT2D eigenvalue weighted by molar-refractivity contribution is 0.194. The third-order valence-corrected chi connectivity index (χ3v) is 3.64. The topological polar surface area (TPSA) is 53.6 Å². The molecule has 2 N–H and O–H groups in total. The summed E-state index contributed by atoms with van der Waals surface area (Å²) in [6.45, 7) is 1.99. The fourth-order valence-electron chi connectivity index (χ4n) is 2.44. The molecule has 24 heavy (non-hydrogen) atoms. The first-order chi connectivity index (χ1) is 11.7. The molecular weight excluding hydrogens is 302 g/mol. The summed E-state index contributed by atoms with van der Waals surface area (Å²) in [5.41, 5.74) is 2.99. The van der Waals surface area contributed by atoms with Crippen molar-refractivity contribution in [3.8, 4) is 0 Å². The van der Waals surface area contributed by atoms with Crippen LogP contribution in [0.25, 0.3) is 0 Å². The van der Waals surface area contributed by atoms with Crippen LogP contribution in [0.5, 0.6) is 0 Å². The van der Waals surface area contributed by atoms with Gasteiger partial charge in [0, 0.05) is 33.9 Å². The van der Waals surface area contributed by atoms with E-state index in [4.69, 9.17) is 4.74 Å². The lowest BCUT2D eigenvalue weighted by Gasteiger charge is -2.23. The maximum absolute atomic E-state index is 12.0. The number of ether oxygens (including phenoxy) is 1. The van der Waals surface area contributed by atoms with Crippen LogP contribution in [0.4, 0.5) is 16.2 Å². The van der Waals surface area contributed by atoms with Gasteiger partial charge in [0.15, 0.2) is 0 Å². The number of benzene rings is 2. The first kappa shape index (κ1) is 17.8. The van der Waals surface area contributed by atoms with Crippen LogP contribution in [0.2, 0.25) is 0 Å². The average Bonchev–Trinajstić information content (AvgIpc) is 2.60. The van der Waals surface area contributed by atoms with E-state index in [2.05, 4.69) is 27.7 Å². The summed E-state index contributed by atoms with van der Waals surface area (Å²) in [5, 5.41) is 5.75. The van der Waals surface area contributed by atoms with Crippen LogP contribution >= 0.6 is 0 Å². The number of amides is 2. The molecule has 5 heteroatoms. The minimum atomic E-state index is -0.202.